The van der Waals surface area contributed by atoms with Crippen LogP contribution < -0.4 is 5.43 Å². The Morgan fingerprint density at radius 2 is 1.65 bits per heavy atom. The number of benzene rings is 3. The highest BCUT2D eigenvalue weighted by molar-refractivity contribution is 6.06. The Morgan fingerprint density at radius 1 is 0.850 bits per heavy atom. The third-order valence-electron chi connectivity index (χ3n) is 3.72. The zero-order valence-electron chi connectivity index (χ0n) is 11.0. The average Bonchev–Trinajstić information content (AvgIpc) is 2.47. The van der Waals surface area contributed by atoms with E-state index in [2.05, 4.69) is 0 Å². The van der Waals surface area contributed by atoms with E-state index in [-0.39, 0.29) is 5.43 Å². The number of aryl methyl sites for hydroxylation is 1. The van der Waals surface area contributed by atoms with Crippen molar-refractivity contribution in [3.05, 3.63) is 70.4 Å². The zero-order chi connectivity index (χ0) is 13.7. The molecule has 20 heavy (non-hydrogen) atoms. The van der Waals surface area contributed by atoms with Crippen molar-refractivity contribution in [3.63, 3.8) is 0 Å². The lowest BCUT2D eigenvalue weighted by atomic mass is 10.0. The summed E-state index contributed by atoms with van der Waals surface area (Å²) in [5, 5.41) is 3.33. The number of fused-ring (bicyclic) bond motifs is 4. The molecule has 4 rings (SSSR count). The van der Waals surface area contributed by atoms with E-state index in [4.69, 9.17) is 4.42 Å². The Morgan fingerprint density at radius 3 is 2.55 bits per heavy atom. The molecular weight excluding hydrogens is 248 g/mol. The van der Waals surface area contributed by atoms with E-state index in [1.165, 1.54) is 0 Å². The van der Waals surface area contributed by atoms with Gasteiger partial charge in [0.25, 0.3) is 0 Å². The maximum atomic E-state index is 12.6. The molecule has 96 valence electrons. The molecule has 0 aliphatic carbocycles. The first-order valence-electron chi connectivity index (χ1n) is 6.59. The molecule has 0 amide bonds. The summed E-state index contributed by atoms with van der Waals surface area (Å²) in [6, 6.07) is 17.5. The van der Waals surface area contributed by atoms with Gasteiger partial charge in [0.2, 0.25) is 5.43 Å². The summed E-state index contributed by atoms with van der Waals surface area (Å²) in [5.41, 5.74) is 2.44. The number of hydrogen-bond donors (Lipinski definition) is 0. The van der Waals surface area contributed by atoms with Crippen LogP contribution in [0.3, 0.4) is 0 Å². The standard InChI is InChI=1S/C18H12O2/c1-11-6-8-14-16(10-11)20-18-13-5-3-2-4-12(13)7-9-15(18)17(14)19/h2-10H,1H3. The molecule has 1 aromatic heterocycles. The van der Waals surface area contributed by atoms with E-state index in [0.717, 1.165) is 16.3 Å². The molecule has 0 N–H and O–H groups in total. The molecule has 0 unspecified atom stereocenters. The molecule has 1 heterocycles. The van der Waals surface area contributed by atoms with Gasteiger partial charge >= 0.3 is 0 Å². The molecule has 0 radical (unpaired) electrons. The number of rotatable bonds is 0. The van der Waals surface area contributed by atoms with Gasteiger partial charge in [-0.3, -0.25) is 4.79 Å². The van der Waals surface area contributed by atoms with E-state index in [1.807, 2.05) is 61.5 Å². The third kappa shape index (κ3) is 1.48. The molecule has 0 atom stereocenters. The van der Waals surface area contributed by atoms with Crippen LogP contribution in [0.4, 0.5) is 0 Å². The Hall–Kier alpha value is -2.61. The fourth-order valence-corrected chi connectivity index (χ4v) is 2.69. The molecule has 0 spiro atoms. The van der Waals surface area contributed by atoms with Crippen LogP contribution in [0.5, 0.6) is 0 Å². The summed E-state index contributed by atoms with van der Waals surface area (Å²) in [5.74, 6) is 0. The van der Waals surface area contributed by atoms with Gasteiger partial charge in [-0.25, -0.2) is 0 Å². The van der Waals surface area contributed by atoms with Crippen molar-refractivity contribution in [3.8, 4) is 0 Å². The van der Waals surface area contributed by atoms with E-state index in [0.29, 0.717) is 21.9 Å². The largest absolute Gasteiger partial charge is 0.455 e. The van der Waals surface area contributed by atoms with Gasteiger partial charge in [0.15, 0.2) is 0 Å². The molecule has 0 aliphatic heterocycles. The summed E-state index contributed by atoms with van der Waals surface area (Å²) in [6.45, 7) is 1.99. The SMILES string of the molecule is Cc1ccc2c(=O)c3ccc4ccccc4c3oc2c1. The molecule has 2 heteroatoms. The molecule has 0 saturated carbocycles. The molecule has 4 aromatic rings. The Labute approximate surface area is 115 Å². The van der Waals surface area contributed by atoms with Gasteiger partial charge in [-0.15, -0.1) is 0 Å². The van der Waals surface area contributed by atoms with Gasteiger partial charge in [-0.2, -0.15) is 0 Å². The Balaban J connectivity index is 2.32. The van der Waals surface area contributed by atoms with Crippen molar-refractivity contribution in [1.82, 2.24) is 0 Å². The predicted octanol–water partition coefficient (Wildman–Crippen LogP) is 4.41. The first-order chi connectivity index (χ1) is 9.74. The van der Waals surface area contributed by atoms with Crippen molar-refractivity contribution < 1.29 is 4.42 Å². The van der Waals surface area contributed by atoms with Crippen LogP contribution in [-0.4, -0.2) is 0 Å². The second kappa shape index (κ2) is 3.94. The highest BCUT2D eigenvalue weighted by atomic mass is 16.3. The molecule has 3 aromatic carbocycles. The Bertz CT molecular complexity index is 1030. The molecule has 2 nitrogen and oxygen atoms in total. The second-order valence-corrected chi connectivity index (χ2v) is 5.09. The molecule has 0 aliphatic rings. The van der Waals surface area contributed by atoms with Crippen molar-refractivity contribution in [2.24, 2.45) is 0 Å². The van der Waals surface area contributed by atoms with E-state index >= 15 is 0 Å². The normalized spacial score (nSPS) is 11.4. The maximum Gasteiger partial charge on any atom is 0.200 e. The first-order valence-corrected chi connectivity index (χ1v) is 6.59. The summed E-state index contributed by atoms with van der Waals surface area (Å²) >= 11 is 0. The van der Waals surface area contributed by atoms with Crippen molar-refractivity contribution >= 4 is 32.7 Å². The van der Waals surface area contributed by atoms with Gasteiger partial charge < -0.3 is 4.42 Å². The fourth-order valence-electron chi connectivity index (χ4n) is 2.69. The van der Waals surface area contributed by atoms with Gasteiger partial charge in [0.1, 0.15) is 11.2 Å². The average molecular weight is 260 g/mol. The van der Waals surface area contributed by atoms with Crippen LogP contribution in [-0.2, 0) is 0 Å². The minimum atomic E-state index is 0.0343. The van der Waals surface area contributed by atoms with Gasteiger partial charge in [-0.05, 0) is 36.1 Å². The third-order valence-corrected chi connectivity index (χ3v) is 3.72. The summed E-state index contributed by atoms with van der Waals surface area (Å²) < 4.78 is 6.02. The van der Waals surface area contributed by atoms with E-state index < -0.39 is 0 Å². The monoisotopic (exact) mass is 260 g/mol. The number of hydrogen-bond acceptors (Lipinski definition) is 2. The molecule has 0 fully saturated rings. The topological polar surface area (TPSA) is 30.2 Å². The van der Waals surface area contributed by atoms with Crippen LogP contribution in [0, 0.1) is 6.92 Å². The van der Waals surface area contributed by atoms with Crippen molar-refractivity contribution in [2.75, 3.05) is 0 Å². The summed E-state index contributed by atoms with van der Waals surface area (Å²) in [6.07, 6.45) is 0. The highest BCUT2D eigenvalue weighted by Gasteiger charge is 2.10. The van der Waals surface area contributed by atoms with E-state index in [1.54, 1.807) is 0 Å². The molecule has 0 bridgehead atoms. The minimum absolute atomic E-state index is 0.0343. The molecular formula is C18H12O2. The lowest BCUT2D eigenvalue weighted by Gasteiger charge is -2.05. The zero-order valence-corrected chi connectivity index (χ0v) is 11.0. The van der Waals surface area contributed by atoms with Crippen LogP contribution in [0.15, 0.2) is 63.8 Å². The van der Waals surface area contributed by atoms with E-state index in [9.17, 15) is 4.79 Å². The van der Waals surface area contributed by atoms with Crippen LogP contribution in [0.1, 0.15) is 5.56 Å². The fraction of sp³-hybridized carbons (Fsp3) is 0.0556. The lowest BCUT2D eigenvalue weighted by Crippen LogP contribution is -2.02. The smallest absolute Gasteiger partial charge is 0.200 e. The van der Waals surface area contributed by atoms with Crippen LogP contribution in [0.25, 0.3) is 32.7 Å². The van der Waals surface area contributed by atoms with Crippen molar-refractivity contribution in [1.29, 1.82) is 0 Å². The lowest BCUT2D eigenvalue weighted by molar-refractivity contribution is 0.663. The van der Waals surface area contributed by atoms with Gasteiger partial charge in [0.05, 0.1) is 10.8 Å². The first kappa shape index (κ1) is 11.2. The maximum absolute atomic E-state index is 12.6. The van der Waals surface area contributed by atoms with Crippen molar-refractivity contribution in [2.45, 2.75) is 6.92 Å². The summed E-state index contributed by atoms with van der Waals surface area (Å²) in [7, 11) is 0. The predicted molar refractivity (Wildman–Crippen MR) is 82.2 cm³/mol. The second-order valence-electron chi connectivity index (χ2n) is 5.09. The quantitative estimate of drug-likeness (QED) is 0.346. The minimum Gasteiger partial charge on any atom is -0.455 e. The van der Waals surface area contributed by atoms with Crippen LogP contribution >= 0.6 is 0 Å². The Kier molecular flexibility index (Phi) is 2.21. The van der Waals surface area contributed by atoms with Gasteiger partial charge in [0, 0.05) is 5.39 Å². The highest BCUT2D eigenvalue weighted by Crippen LogP contribution is 2.26. The summed E-state index contributed by atoms with van der Waals surface area (Å²) in [4.78, 5) is 12.6. The molecule has 0 saturated heterocycles. The van der Waals surface area contributed by atoms with Gasteiger partial charge in [-0.1, -0.05) is 36.4 Å². The van der Waals surface area contributed by atoms with Crippen LogP contribution in [0.2, 0.25) is 0 Å².